The SMILES string of the molecule is CC(=O)c1ccccc1NC(=O)CN1C(=O)NC(C)(c2cccc([N+](=O)[O-])c2)C1=O. The standard InChI is InChI=1S/C20H18N4O6/c1-12(25)15-8-3-4-9-16(15)21-17(26)11-23-18(27)20(2,22-19(23)28)13-6-5-7-14(10-13)24(29)30/h3-10H,11H2,1-2H3,(H,21,26)(H,22,28). The molecule has 30 heavy (non-hydrogen) atoms. The molecular formula is C20H18N4O6. The number of carbonyl (C=O) groups is 4. The van der Waals surface area contributed by atoms with Crippen LogP contribution in [0.5, 0.6) is 0 Å². The van der Waals surface area contributed by atoms with Crippen LogP contribution in [0.3, 0.4) is 0 Å². The van der Waals surface area contributed by atoms with Gasteiger partial charge in [-0.05, 0) is 31.5 Å². The summed E-state index contributed by atoms with van der Waals surface area (Å²) in [5.74, 6) is -1.64. The molecule has 1 aliphatic heterocycles. The molecular weight excluding hydrogens is 392 g/mol. The van der Waals surface area contributed by atoms with E-state index < -0.39 is 34.9 Å². The number of rotatable bonds is 6. The van der Waals surface area contributed by atoms with Gasteiger partial charge in [0.05, 0.1) is 10.6 Å². The lowest BCUT2D eigenvalue weighted by atomic mass is 9.91. The lowest BCUT2D eigenvalue weighted by Crippen LogP contribution is -2.42. The number of para-hydroxylation sites is 1. The molecule has 0 radical (unpaired) electrons. The van der Waals surface area contributed by atoms with Gasteiger partial charge in [0.15, 0.2) is 5.78 Å². The smallest absolute Gasteiger partial charge is 0.324 e. The van der Waals surface area contributed by atoms with E-state index in [1.165, 1.54) is 44.2 Å². The van der Waals surface area contributed by atoms with Crippen molar-refractivity contribution in [3.63, 3.8) is 0 Å². The van der Waals surface area contributed by atoms with Crippen LogP contribution in [0, 0.1) is 10.1 Å². The molecule has 0 spiro atoms. The molecule has 2 aromatic carbocycles. The van der Waals surface area contributed by atoms with Crippen LogP contribution in [0.2, 0.25) is 0 Å². The molecule has 0 bridgehead atoms. The van der Waals surface area contributed by atoms with Crippen molar-refractivity contribution in [1.82, 2.24) is 10.2 Å². The van der Waals surface area contributed by atoms with E-state index in [0.29, 0.717) is 5.56 Å². The summed E-state index contributed by atoms with van der Waals surface area (Å²) in [4.78, 5) is 60.6. The molecule has 1 atom stereocenters. The van der Waals surface area contributed by atoms with Gasteiger partial charge in [-0.2, -0.15) is 0 Å². The fourth-order valence-corrected chi connectivity index (χ4v) is 3.20. The Morgan fingerprint density at radius 1 is 1.17 bits per heavy atom. The van der Waals surface area contributed by atoms with Crippen LogP contribution in [0.1, 0.15) is 29.8 Å². The predicted octanol–water partition coefficient (Wildman–Crippen LogP) is 2.20. The van der Waals surface area contributed by atoms with Crippen LogP contribution < -0.4 is 10.6 Å². The summed E-state index contributed by atoms with van der Waals surface area (Å²) >= 11 is 0. The molecule has 3 rings (SSSR count). The highest BCUT2D eigenvalue weighted by molar-refractivity contribution is 6.11. The number of anilines is 1. The largest absolute Gasteiger partial charge is 0.325 e. The number of urea groups is 1. The molecule has 0 aliphatic carbocycles. The van der Waals surface area contributed by atoms with Crippen LogP contribution in [0.25, 0.3) is 0 Å². The molecule has 1 heterocycles. The second kappa shape index (κ2) is 7.74. The van der Waals surface area contributed by atoms with Gasteiger partial charge in [0, 0.05) is 17.7 Å². The van der Waals surface area contributed by atoms with Crippen molar-refractivity contribution in [3.8, 4) is 0 Å². The third-order valence-electron chi connectivity index (χ3n) is 4.79. The second-order valence-electron chi connectivity index (χ2n) is 6.90. The maximum atomic E-state index is 12.9. The number of imide groups is 1. The van der Waals surface area contributed by atoms with Gasteiger partial charge in [0.2, 0.25) is 5.91 Å². The van der Waals surface area contributed by atoms with Crippen molar-refractivity contribution in [2.75, 3.05) is 11.9 Å². The Balaban J connectivity index is 1.80. The second-order valence-corrected chi connectivity index (χ2v) is 6.90. The summed E-state index contributed by atoms with van der Waals surface area (Å²) < 4.78 is 0. The first-order chi connectivity index (χ1) is 14.1. The van der Waals surface area contributed by atoms with Gasteiger partial charge in [-0.25, -0.2) is 4.79 Å². The Bertz CT molecular complexity index is 1080. The average molecular weight is 410 g/mol. The molecule has 10 heteroatoms. The summed E-state index contributed by atoms with van der Waals surface area (Å²) in [6, 6.07) is 10.9. The minimum Gasteiger partial charge on any atom is -0.324 e. The lowest BCUT2D eigenvalue weighted by Gasteiger charge is -2.22. The number of carbonyl (C=O) groups excluding carboxylic acids is 4. The van der Waals surface area contributed by atoms with Gasteiger partial charge >= 0.3 is 6.03 Å². The first-order valence-corrected chi connectivity index (χ1v) is 8.92. The van der Waals surface area contributed by atoms with E-state index in [1.54, 1.807) is 18.2 Å². The fraction of sp³-hybridized carbons (Fsp3) is 0.200. The van der Waals surface area contributed by atoms with E-state index in [-0.39, 0.29) is 22.7 Å². The Labute approximate surface area is 171 Å². The minimum absolute atomic E-state index is 0.222. The molecule has 10 nitrogen and oxygen atoms in total. The van der Waals surface area contributed by atoms with E-state index in [4.69, 9.17) is 0 Å². The zero-order chi connectivity index (χ0) is 22.1. The van der Waals surface area contributed by atoms with Gasteiger partial charge in [-0.1, -0.05) is 24.3 Å². The summed E-state index contributed by atoms with van der Waals surface area (Å²) in [5, 5.41) is 16.0. The van der Waals surface area contributed by atoms with Gasteiger partial charge in [0.1, 0.15) is 12.1 Å². The van der Waals surface area contributed by atoms with Gasteiger partial charge in [0.25, 0.3) is 11.6 Å². The van der Waals surface area contributed by atoms with Crippen molar-refractivity contribution in [1.29, 1.82) is 0 Å². The van der Waals surface area contributed by atoms with Gasteiger partial charge in [-0.15, -0.1) is 0 Å². The molecule has 1 saturated heterocycles. The van der Waals surface area contributed by atoms with Gasteiger partial charge in [-0.3, -0.25) is 29.4 Å². The number of hydrogen-bond acceptors (Lipinski definition) is 6. The van der Waals surface area contributed by atoms with E-state index in [1.807, 2.05) is 0 Å². The number of nitro benzene ring substituents is 1. The Kier molecular flexibility index (Phi) is 5.33. The molecule has 0 aromatic heterocycles. The highest BCUT2D eigenvalue weighted by Gasteiger charge is 2.49. The first-order valence-electron chi connectivity index (χ1n) is 8.92. The Hall–Kier alpha value is -4.08. The van der Waals surface area contributed by atoms with E-state index in [9.17, 15) is 29.3 Å². The van der Waals surface area contributed by atoms with Crippen molar-refractivity contribution >= 4 is 35.0 Å². The van der Waals surface area contributed by atoms with Crippen LogP contribution in [0.15, 0.2) is 48.5 Å². The number of amides is 4. The van der Waals surface area contributed by atoms with Crippen molar-refractivity contribution < 1.29 is 24.1 Å². The molecule has 1 fully saturated rings. The number of nitro groups is 1. The average Bonchev–Trinajstić information content (AvgIpc) is 2.92. The highest BCUT2D eigenvalue weighted by atomic mass is 16.6. The van der Waals surface area contributed by atoms with Crippen molar-refractivity contribution in [2.45, 2.75) is 19.4 Å². The lowest BCUT2D eigenvalue weighted by molar-refractivity contribution is -0.385. The number of nitrogens with one attached hydrogen (secondary N) is 2. The number of Topliss-reactive ketones (excluding diaryl/α,β-unsaturated/α-hetero) is 1. The third kappa shape index (κ3) is 3.75. The molecule has 154 valence electrons. The van der Waals surface area contributed by atoms with E-state index in [2.05, 4.69) is 10.6 Å². The molecule has 2 N–H and O–H groups in total. The summed E-state index contributed by atoms with van der Waals surface area (Å²) in [7, 11) is 0. The van der Waals surface area contributed by atoms with Crippen LogP contribution in [0.4, 0.5) is 16.2 Å². The Morgan fingerprint density at radius 2 is 1.87 bits per heavy atom. The van der Waals surface area contributed by atoms with Crippen molar-refractivity contribution in [2.24, 2.45) is 0 Å². The minimum atomic E-state index is -1.55. The molecule has 4 amide bonds. The summed E-state index contributed by atoms with van der Waals surface area (Å²) in [5.41, 5.74) is -0.999. The van der Waals surface area contributed by atoms with Crippen LogP contribution >= 0.6 is 0 Å². The number of ketones is 1. The highest BCUT2D eigenvalue weighted by Crippen LogP contribution is 2.30. The first kappa shape index (κ1) is 20.6. The van der Waals surface area contributed by atoms with E-state index >= 15 is 0 Å². The normalized spacial score (nSPS) is 18.1. The molecule has 0 saturated carbocycles. The fourth-order valence-electron chi connectivity index (χ4n) is 3.20. The zero-order valence-corrected chi connectivity index (χ0v) is 16.2. The maximum Gasteiger partial charge on any atom is 0.325 e. The summed E-state index contributed by atoms with van der Waals surface area (Å²) in [6.07, 6.45) is 0. The zero-order valence-electron chi connectivity index (χ0n) is 16.2. The molecule has 1 unspecified atom stereocenters. The third-order valence-corrected chi connectivity index (χ3v) is 4.79. The quantitative estimate of drug-likeness (QED) is 0.324. The monoisotopic (exact) mass is 410 g/mol. The number of nitrogens with zero attached hydrogens (tertiary/aromatic N) is 2. The van der Waals surface area contributed by atoms with Crippen LogP contribution in [-0.4, -0.2) is 40.0 Å². The molecule has 1 aliphatic rings. The van der Waals surface area contributed by atoms with Gasteiger partial charge < -0.3 is 10.6 Å². The number of benzene rings is 2. The van der Waals surface area contributed by atoms with Crippen molar-refractivity contribution in [3.05, 3.63) is 69.8 Å². The predicted molar refractivity (Wildman–Crippen MR) is 106 cm³/mol. The number of hydrogen-bond donors (Lipinski definition) is 2. The molecule has 2 aromatic rings. The number of non-ortho nitro benzene ring substituents is 1. The Morgan fingerprint density at radius 3 is 2.53 bits per heavy atom. The maximum absolute atomic E-state index is 12.9. The van der Waals surface area contributed by atoms with E-state index in [0.717, 1.165) is 4.90 Å². The topological polar surface area (TPSA) is 139 Å². The summed E-state index contributed by atoms with van der Waals surface area (Å²) in [6.45, 7) is 2.18. The van der Waals surface area contributed by atoms with Crippen LogP contribution in [-0.2, 0) is 15.1 Å².